The highest BCUT2D eigenvalue weighted by Crippen LogP contribution is 2.26. The van der Waals surface area contributed by atoms with Crippen molar-refractivity contribution in [2.24, 2.45) is 0 Å². The minimum Gasteiger partial charge on any atom is -0.293 e. The van der Waals surface area contributed by atoms with Gasteiger partial charge in [0, 0.05) is 25.8 Å². The summed E-state index contributed by atoms with van der Waals surface area (Å²) in [5, 5.41) is 0. The maximum atomic E-state index is 13.1. The van der Waals surface area contributed by atoms with E-state index in [4.69, 9.17) is 0 Å². The van der Waals surface area contributed by atoms with Crippen LogP contribution in [-0.2, 0) is 29.5 Å². The fourth-order valence-corrected chi connectivity index (χ4v) is 4.87. The maximum absolute atomic E-state index is 13.1. The van der Waals surface area contributed by atoms with Crippen molar-refractivity contribution in [3.05, 3.63) is 89.2 Å². The quantitative estimate of drug-likeness (QED) is 0.709. The molecule has 26 heavy (non-hydrogen) atoms. The fraction of sp³-hybridized carbons (Fsp3) is 0.238. The summed E-state index contributed by atoms with van der Waals surface area (Å²) in [5.41, 5.74) is 4.31. The standard InChI is InChI=1S/C21H22N2O2S/c1-17-7-9-20(10-8-17)26(24,25)23-14-12-19-11-13-22(16-21(19)23)15-18-5-3-2-4-6-18/h2-10,12,14H,11,13,15-16H2,1H3. The van der Waals surface area contributed by atoms with Crippen LogP contribution in [0, 0.1) is 6.92 Å². The van der Waals surface area contributed by atoms with Crippen LogP contribution in [0.25, 0.3) is 0 Å². The molecule has 0 spiro atoms. The van der Waals surface area contributed by atoms with Crippen molar-refractivity contribution in [1.29, 1.82) is 0 Å². The van der Waals surface area contributed by atoms with Gasteiger partial charge in [0.25, 0.3) is 10.0 Å². The van der Waals surface area contributed by atoms with Crippen LogP contribution in [0.1, 0.15) is 22.4 Å². The van der Waals surface area contributed by atoms with Crippen LogP contribution in [0.15, 0.2) is 71.8 Å². The second-order valence-electron chi connectivity index (χ2n) is 6.85. The molecule has 0 N–H and O–H groups in total. The second-order valence-corrected chi connectivity index (χ2v) is 8.66. The predicted molar refractivity (Wildman–Crippen MR) is 102 cm³/mol. The SMILES string of the molecule is Cc1ccc(S(=O)(=O)n2ccc3c2CN(Cc2ccccc2)CC3)cc1. The van der Waals surface area contributed by atoms with Crippen molar-refractivity contribution in [3.8, 4) is 0 Å². The van der Waals surface area contributed by atoms with Gasteiger partial charge >= 0.3 is 0 Å². The number of nitrogens with zero attached hydrogens (tertiary/aromatic N) is 2. The molecule has 0 saturated heterocycles. The molecule has 0 radical (unpaired) electrons. The zero-order chi connectivity index (χ0) is 18.1. The Balaban J connectivity index is 1.63. The molecule has 0 bridgehead atoms. The average molecular weight is 366 g/mol. The summed E-state index contributed by atoms with van der Waals surface area (Å²) in [4.78, 5) is 2.64. The Kier molecular flexibility index (Phi) is 4.42. The van der Waals surface area contributed by atoms with Crippen LogP contribution in [0.4, 0.5) is 0 Å². The number of aromatic nitrogens is 1. The molecule has 0 aliphatic carbocycles. The zero-order valence-electron chi connectivity index (χ0n) is 14.8. The topological polar surface area (TPSA) is 42.3 Å². The summed E-state index contributed by atoms with van der Waals surface area (Å²) in [6.45, 7) is 4.37. The summed E-state index contributed by atoms with van der Waals surface area (Å²) in [5.74, 6) is 0. The van der Waals surface area contributed by atoms with Crippen molar-refractivity contribution in [2.75, 3.05) is 6.54 Å². The van der Waals surface area contributed by atoms with Crippen LogP contribution < -0.4 is 0 Å². The number of rotatable bonds is 4. The lowest BCUT2D eigenvalue weighted by molar-refractivity contribution is 0.241. The first-order valence-corrected chi connectivity index (χ1v) is 10.3. The molecule has 0 saturated carbocycles. The highest BCUT2D eigenvalue weighted by Gasteiger charge is 2.26. The van der Waals surface area contributed by atoms with Gasteiger partial charge in [-0.05, 0) is 42.7 Å². The summed E-state index contributed by atoms with van der Waals surface area (Å²) in [7, 11) is -3.56. The van der Waals surface area contributed by atoms with Gasteiger partial charge in [0.1, 0.15) is 0 Å². The lowest BCUT2D eigenvalue weighted by Crippen LogP contribution is -2.32. The highest BCUT2D eigenvalue weighted by atomic mass is 32.2. The van der Waals surface area contributed by atoms with Crippen LogP contribution in [0.3, 0.4) is 0 Å². The number of hydrogen-bond acceptors (Lipinski definition) is 3. The second kappa shape index (κ2) is 6.74. The molecule has 3 aromatic rings. The van der Waals surface area contributed by atoms with E-state index in [9.17, 15) is 8.42 Å². The Morgan fingerprint density at radius 2 is 1.69 bits per heavy atom. The van der Waals surface area contributed by atoms with E-state index in [-0.39, 0.29) is 0 Å². The van der Waals surface area contributed by atoms with Crippen molar-refractivity contribution in [1.82, 2.24) is 8.87 Å². The highest BCUT2D eigenvalue weighted by molar-refractivity contribution is 7.90. The minimum atomic E-state index is -3.56. The predicted octanol–water partition coefficient (Wildman–Crippen LogP) is 3.59. The van der Waals surface area contributed by atoms with Crippen LogP contribution >= 0.6 is 0 Å². The lowest BCUT2D eigenvalue weighted by atomic mass is 10.1. The summed E-state index contributed by atoms with van der Waals surface area (Å²) < 4.78 is 27.6. The van der Waals surface area contributed by atoms with E-state index >= 15 is 0 Å². The smallest absolute Gasteiger partial charge is 0.267 e. The first-order chi connectivity index (χ1) is 12.5. The molecule has 0 fully saturated rings. The van der Waals surface area contributed by atoms with E-state index in [0.29, 0.717) is 11.4 Å². The molecule has 5 heteroatoms. The van der Waals surface area contributed by atoms with Crippen molar-refractivity contribution >= 4 is 10.0 Å². The maximum Gasteiger partial charge on any atom is 0.267 e. The van der Waals surface area contributed by atoms with Gasteiger partial charge in [-0.1, -0.05) is 48.0 Å². The first kappa shape index (κ1) is 17.1. The Morgan fingerprint density at radius 3 is 2.42 bits per heavy atom. The molecule has 1 aromatic heterocycles. The monoisotopic (exact) mass is 366 g/mol. The van der Waals surface area contributed by atoms with Gasteiger partial charge in [-0.25, -0.2) is 12.4 Å². The van der Waals surface area contributed by atoms with Gasteiger partial charge in [0.2, 0.25) is 0 Å². The molecule has 1 aliphatic rings. The van der Waals surface area contributed by atoms with Crippen molar-refractivity contribution in [2.45, 2.75) is 31.3 Å². The number of fused-ring (bicyclic) bond motifs is 1. The Morgan fingerprint density at radius 1 is 0.962 bits per heavy atom. The van der Waals surface area contributed by atoms with Crippen molar-refractivity contribution in [3.63, 3.8) is 0 Å². The molecule has 134 valence electrons. The third-order valence-electron chi connectivity index (χ3n) is 4.95. The normalized spacial score (nSPS) is 15.0. The lowest BCUT2D eigenvalue weighted by Gasteiger charge is -2.28. The van der Waals surface area contributed by atoms with E-state index < -0.39 is 10.0 Å². The molecule has 0 amide bonds. The Bertz CT molecular complexity index is 1010. The van der Waals surface area contributed by atoms with E-state index in [1.54, 1.807) is 18.3 Å². The van der Waals surface area contributed by atoms with Gasteiger partial charge < -0.3 is 0 Å². The third-order valence-corrected chi connectivity index (χ3v) is 6.67. The number of benzene rings is 2. The summed E-state index contributed by atoms with van der Waals surface area (Å²) in [6.07, 6.45) is 2.57. The zero-order valence-corrected chi connectivity index (χ0v) is 15.6. The molecule has 0 atom stereocenters. The van der Waals surface area contributed by atoms with Crippen LogP contribution in [0.2, 0.25) is 0 Å². The summed E-state index contributed by atoms with van der Waals surface area (Å²) in [6, 6.07) is 19.3. The van der Waals surface area contributed by atoms with Gasteiger partial charge in [-0.2, -0.15) is 0 Å². The van der Waals surface area contributed by atoms with E-state index in [1.807, 2.05) is 43.3 Å². The van der Waals surface area contributed by atoms with E-state index in [2.05, 4.69) is 17.0 Å². The molecule has 2 aromatic carbocycles. The van der Waals surface area contributed by atoms with Gasteiger partial charge in [0.05, 0.1) is 10.6 Å². The van der Waals surface area contributed by atoms with Crippen LogP contribution in [0.5, 0.6) is 0 Å². The van der Waals surface area contributed by atoms with Gasteiger partial charge in [0.15, 0.2) is 0 Å². The first-order valence-electron chi connectivity index (χ1n) is 8.82. The number of aryl methyl sites for hydroxylation is 1. The minimum absolute atomic E-state index is 0.335. The molecule has 4 nitrogen and oxygen atoms in total. The Hall–Kier alpha value is -2.37. The van der Waals surface area contributed by atoms with Crippen molar-refractivity contribution < 1.29 is 8.42 Å². The summed E-state index contributed by atoms with van der Waals surface area (Å²) >= 11 is 0. The molecule has 1 aliphatic heterocycles. The average Bonchev–Trinajstić information content (AvgIpc) is 3.07. The third kappa shape index (κ3) is 3.20. The molecule has 4 rings (SSSR count). The van der Waals surface area contributed by atoms with E-state index in [0.717, 1.165) is 36.3 Å². The van der Waals surface area contributed by atoms with E-state index in [1.165, 1.54) is 9.54 Å². The molecule has 2 heterocycles. The molecular weight excluding hydrogens is 344 g/mol. The molecule has 0 unspecified atom stereocenters. The Labute approximate surface area is 154 Å². The number of hydrogen-bond donors (Lipinski definition) is 0. The van der Waals surface area contributed by atoms with Crippen LogP contribution in [-0.4, -0.2) is 23.8 Å². The largest absolute Gasteiger partial charge is 0.293 e. The van der Waals surface area contributed by atoms with Gasteiger partial charge in [-0.3, -0.25) is 4.90 Å². The molecular formula is C21H22N2O2S. The van der Waals surface area contributed by atoms with Gasteiger partial charge in [-0.15, -0.1) is 0 Å². The fourth-order valence-electron chi connectivity index (χ4n) is 3.48.